The van der Waals surface area contributed by atoms with E-state index in [0.717, 1.165) is 50.3 Å². The van der Waals surface area contributed by atoms with Crippen molar-refractivity contribution < 1.29 is 4.79 Å². The fraction of sp³-hybridized carbons (Fsp3) is 0.500. The van der Waals surface area contributed by atoms with Crippen molar-refractivity contribution in [2.75, 3.05) is 26.7 Å². The molecule has 1 aromatic carbocycles. The van der Waals surface area contributed by atoms with Gasteiger partial charge in [-0.25, -0.2) is 0 Å². The summed E-state index contributed by atoms with van der Waals surface area (Å²) < 4.78 is 0. The summed E-state index contributed by atoms with van der Waals surface area (Å²) in [7, 11) is 2.08. The lowest BCUT2D eigenvalue weighted by atomic mass is 10.1. The topological polar surface area (TPSA) is 35.9 Å². The van der Waals surface area contributed by atoms with Crippen LogP contribution in [0.2, 0.25) is 0 Å². The average molecular weight is 382 g/mol. The lowest BCUT2D eigenvalue weighted by Gasteiger charge is -2.17. The summed E-state index contributed by atoms with van der Waals surface area (Å²) in [6.07, 6.45) is 9.31. The number of aliphatic imine (C=N–C) groups is 1. The Kier molecular flexibility index (Phi) is 8.49. The van der Waals surface area contributed by atoms with Crippen LogP contribution in [0.3, 0.4) is 0 Å². The number of allylic oxidation sites excluding steroid dienone is 3. The Labute approximate surface area is 170 Å². The maximum Gasteiger partial charge on any atom is 0.253 e. The first-order chi connectivity index (χ1) is 13.6. The number of benzene rings is 1. The molecule has 0 N–H and O–H groups in total. The molecule has 0 spiro atoms. The summed E-state index contributed by atoms with van der Waals surface area (Å²) in [6.45, 7) is 10.8. The molecular weight excluding hydrogens is 346 g/mol. The highest BCUT2D eigenvalue weighted by Crippen LogP contribution is 2.20. The molecule has 1 atom stereocenters. The molecule has 28 heavy (non-hydrogen) atoms. The fourth-order valence-corrected chi connectivity index (χ4v) is 3.52. The van der Waals surface area contributed by atoms with Crippen LogP contribution in [0.4, 0.5) is 0 Å². The second-order valence-electron chi connectivity index (χ2n) is 7.31. The summed E-state index contributed by atoms with van der Waals surface area (Å²) in [5, 5.41) is 0. The maximum atomic E-state index is 12.5. The number of likely N-dealkylation sites (tertiary alicyclic amines) is 1. The largest absolute Gasteiger partial charge is 0.338 e. The molecule has 152 valence electrons. The van der Waals surface area contributed by atoms with Crippen molar-refractivity contribution in [1.29, 1.82) is 0 Å². The van der Waals surface area contributed by atoms with E-state index < -0.39 is 0 Å². The van der Waals surface area contributed by atoms with E-state index in [9.17, 15) is 4.79 Å². The predicted octanol–water partition coefficient (Wildman–Crippen LogP) is 4.93. The SMILES string of the molecule is C/C=C\C/C=C1\CN=C(Cc2ccc(C(=O)N3CCC(C)C3)cc2)N1C.CC. The molecule has 1 aromatic rings. The van der Waals surface area contributed by atoms with Gasteiger partial charge in [0, 0.05) is 37.8 Å². The minimum absolute atomic E-state index is 0.158. The van der Waals surface area contributed by atoms with Crippen LogP contribution >= 0.6 is 0 Å². The highest BCUT2D eigenvalue weighted by atomic mass is 16.2. The van der Waals surface area contributed by atoms with Gasteiger partial charge in [-0.3, -0.25) is 9.79 Å². The van der Waals surface area contributed by atoms with Gasteiger partial charge in [0.2, 0.25) is 0 Å². The van der Waals surface area contributed by atoms with Crippen LogP contribution in [0, 0.1) is 5.92 Å². The molecule has 1 amide bonds. The Morgan fingerprint density at radius 2 is 1.96 bits per heavy atom. The average Bonchev–Trinajstić information content (AvgIpc) is 3.30. The number of hydrogen-bond acceptors (Lipinski definition) is 3. The second kappa shape index (κ2) is 10.8. The molecular formula is C24H35N3O. The van der Waals surface area contributed by atoms with E-state index in [2.05, 4.69) is 54.2 Å². The van der Waals surface area contributed by atoms with E-state index in [-0.39, 0.29) is 5.91 Å². The Morgan fingerprint density at radius 1 is 1.25 bits per heavy atom. The first-order valence-electron chi connectivity index (χ1n) is 10.5. The molecule has 2 aliphatic heterocycles. The highest BCUT2D eigenvalue weighted by Gasteiger charge is 2.24. The number of nitrogens with zero attached hydrogens (tertiary/aromatic N) is 3. The minimum atomic E-state index is 0.158. The predicted molar refractivity (Wildman–Crippen MR) is 119 cm³/mol. The Balaban J connectivity index is 0.00000136. The van der Waals surface area contributed by atoms with Gasteiger partial charge in [0.1, 0.15) is 5.84 Å². The highest BCUT2D eigenvalue weighted by molar-refractivity contribution is 5.94. The number of amidine groups is 1. The van der Waals surface area contributed by atoms with E-state index >= 15 is 0 Å². The first kappa shape index (κ1) is 21.9. The zero-order valence-electron chi connectivity index (χ0n) is 18.1. The molecule has 3 rings (SSSR count). The number of likely N-dealkylation sites (N-methyl/N-ethyl adjacent to an activating group) is 1. The van der Waals surface area contributed by atoms with Crippen LogP contribution in [-0.4, -0.2) is 48.2 Å². The van der Waals surface area contributed by atoms with Crippen molar-refractivity contribution >= 4 is 11.7 Å². The van der Waals surface area contributed by atoms with Crippen molar-refractivity contribution in [3.8, 4) is 0 Å². The maximum absolute atomic E-state index is 12.5. The molecule has 1 fully saturated rings. The molecule has 2 aliphatic rings. The Bertz CT molecular complexity index is 731. The fourth-order valence-electron chi connectivity index (χ4n) is 3.52. The quantitative estimate of drug-likeness (QED) is 0.678. The zero-order chi connectivity index (χ0) is 20.5. The molecule has 0 aliphatic carbocycles. The van der Waals surface area contributed by atoms with E-state index in [1.165, 1.54) is 11.3 Å². The van der Waals surface area contributed by atoms with Crippen molar-refractivity contribution in [3.05, 3.63) is 59.3 Å². The summed E-state index contributed by atoms with van der Waals surface area (Å²) in [5.41, 5.74) is 3.24. The van der Waals surface area contributed by atoms with Crippen molar-refractivity contribution in [2.24, 2.45) is 10.9 Å². The zero-order valence-corrected chi connectivity index (χ0v) is 18.1. The van der Waals surface area contributed by atoms with Crippen molar-refractivity contribution in [1.82, 2.24) is 9.80 Å². The standard InChI is InChI=1S/C22H29N3O.C2H6/c1-4-5-6-7-20-15-23-21(24(20)3)14-18-8-10-19(11-9-18)22(26)25-13-12-17(2)16-25;1-2/h4-5,7-11,17H,6,12-16H2,1-3H3;1-2H3/b5-4-,20-7+;. The van der Waals surface area contributed by atoms with Gasteiger partial charge in [-0.1, -0.05) is 51.1 Å². The third-order valence-electron chi connectivity index (χ3n) is 5.24. The lowest BCUT2D eigenvalue weighted by molar-refractivity contribution is 0.0788. The second-order valence-corrected chi connectivity index (χ2v) is 7.31. The molecule has 2 heterocycles. The van der Waals surface area contributed by atoms with Gasteiger partial charge in [0.25, 0.3) is 5.91 Å². The number of carbonyl (C=O) groups is 1. The van der Waals surface area contributed by atoms with Crippen LogP contribution in [0.5, 0.6) is 0 Å². The molecule has 0 aromatic heterocycles. The van der Waals surface area contributed by atoms with E-state index in [1.54, 1.807) is 0 Å². The lowest BCUT2D eigenvalue weighted by Crippen LogP contribution is -2.28. The number of rotatable bonds is 5. The third-order valence-corrected chi connectivity index (χ3v) is 5.24. The summed E-state index contributed by atoms with van der Waals surface area (Å²) in [5.74, 6) is 1.86. The van der Waals surface area contributed by atoms with Gasteiger partial charge in [-0.2, -0.15) is 0 Å². The van der Waals surface area contributed by atoms with E-state index in [0.29, 0.717) is 5.92 Å². The van der Waals surface area contributed by atoms with Gasteiger partial charge in [0.15, 0.2) is 0 Å². The molecule has 0 radical (unpaired) electrons. The summed E-state index contributed by atoms with van der Waals surface area (Å²) in [6, 6.07) is 8.03. The van der Waals surface area contributed by atoms with Gasteiger partial charge < -0.3 is 9.80 Å². The van der Waals surface area contributed by atoms with Gasteiger partial charge in [0.05, 0.1) is 6.54 Å². The van der Waals surface area contributed by atoms with Crippen molar-refractivity contribution in [3.63, 3.8) is 0 Å². The molecule has 4 heteroatoms. The third kappa shape index (κ3) is 5.57. The molecule has 0 bridgehead atoms. The Hall–Kier alpha value is -2.36. The first-order valence-corrected chi connectivity index (χ1v) is 10.5. The van der Waals surface area contributed by atoms with Crippen LogP contribution in [0.15, 0.2) is 53.2 Å². The van der Waals surface area contributed by atoms with E-state index in [1.807, 2.05) is 37.8 Å². The molecule has 4 nitrogen and oxygen atoms in total. The minimum Gasteiger partial charge on any atom is -0.338 e. The smallest absolute Gasteiger partial charge is 0.253 e. The number of hydrogen-bond donors (Lipinski definition) is 0. The molecule has 0 saturated carbocycles. The number of amides is 1. The monoisotopic (exact) mass is 381 g/mol. The van der Waals surface area contributed by atoms with Crippen LogP contribution < -0.4 is 0 Å². The van der Waals surface area contributed by atoms with Crippen LogP contribution in [0.25, 0.3) is 0 Å². The summed E-state index contributed by atoms with van der Waals surface area (Å²) in [4.78, 5) is 21.4. The van der Waals surface area contributed by atoms with Gasteiger partial charge in [-0.05, 0) is 43.4 Å². The normalized spacial score (nSPS) is 20.5. The summed E-state index contributed by atoms with van der Waals surface area (Å²) >= 11 is 0. The number of carbonyl (C=O) groups excluding carboxylic acids is 1. The van der Waals surface area contributed by atoms with Gasteiger partial charge in [-0.15, -0.1) is 0 Å². The molecule has 1 unspecified atom stereocenters. The Morgan fingerprint density at radius 3 is 2.57 bits per heavy atom. The van der Waals surface area contributed by atoms with Crippen LogP contribution in [0.1, 0.15) is 56.5 Å². The van der Waals surface area contributed by atoms with Gasteiger partial charge >= 0.3 is 0 Å². The van der Waals surface area contributed by atoms with Crippen LogP contribution in [-0.2, 0) is 6.42 Å². The van der Waals surface area contributed by atoms with E-state index in [4.69, 9.17) is 0 Å². The molecule has 1 saturated heterocycles. The van der Waals surface area contributed by atoms with Crippen molar-refractivity contribution in [2.45, 2.75) is 47.0 Å².